The second kappa shape index (κ2) is 6.28. The Bertz CT molecular complexity index is 560. The van der Waals surface area contributed by atoms with Crippen LogP contribution in [0.1, 0.15) is 52.0 Å². The summed E-state index contributed by atoms with van der Waals surface area (Å²) in [5, 5.41) is 12.5. The molecular formula is C15H23N3O3. The van der Waals surface area contributed by atoms with Gasteiger partial charge in [-0.15, -0.1) is 0 Å². The molecule has 6 nitrogen and oxygen atoms in total. The molecule has 1 aromatic rings. The molecular weight excluding hydrogens is 270 g/mol. The third-order valence-corrected chi connectivity index (χ3v) is 4.28. The Labute approximate surface area is 124 Å². The van der Waals surface area contributed by atoms with Crippen molar-refractivity contribution in [1.82, 2.24) is 9.55 Å². The molecule has 1 saturated carbocycles. The molecule has 0 spiro atoms. The average molecular weight is 293 g/mol. The lowest BCUT2D eigenvalue weighted by molar-refractivity contribution is -0.150. The minimum Gasteiger partial charge on any atom is -0.481 e. The molecule has 1 heterocycles. The minimum absolute atomic E-state index is 0.0455. The first kappa shape index (κ1) is 15.5. The smallest absolute Gasteiger partial charge is 0.311 e. The number of aromatic nitrogens is 2. The number of carboxylic acids is 1. The number of anilines is 1. The van der Waals surface area contributed by atoms with Crippen molar-refractivity contribution in [3.8, 4) is 0 Å². The molecule has 2 N–H and O–H groups in total. The second-order valence-electron chi connectivity index (χ2n) is 6.08. The van der Waals surface area contributed by atoms with Gasteiger partial charge in [-0.1, -0.05) is 19.3 Å². The zero-order chi connectivity index (χ0) is 15.5. The molecule has 0 radical (unpaired) electrons. The van der Waals surface area contributed by atoms with Gasteiger partial charge in [-0.3, -0.25) is 9.59 Å². The molecule has 0 aliphatic heterocycles. The highest BCUT2D eigenvalue weighted by molar-refractivity contribution is 5.75. The molecule has 0 aromatic carbocycles. The van der Waals surface area contributed by atoms with Crippen molar-refractivity contribution in [2.75, 3.05) is 11.9 Å². The van der Waals surface area contributed by atoms with Crippen molar-refractivity contribution < 1.29 is 9.90 Å². The number of nitrogens with one attached hydrogen (secondary N) is 1. The van der Waals surface area contributed by atoms with Crippen LogP contribution in [0, 0.1) is 5.41 Å². The van der Waals surface area contributed by atoms with Gasteiger partial charge in [0.1, 0.15) is 0 Å². The highest BCUT2D eigenvalue weighted by Crippen LogP contribution is 2.36. The quantitative estimate of drug-likeness (QED) is 0.870. The van der Waals surface area contributed by atoms with Crippen LogP contribution in [0.25, 0.3) is 0 Å². The first-order chi connectivity index (χ1) is 9.96. The van der Waals surface area contributed by atoms with Crippen LogP contribution in [0.5, 0.6) is 0 Å². The van der Waals surface area contributed by atoms with E-state index in [1.165, 1.54) is 0 Å². The van der Waals surface area contributed by atoms with Gasteiger partial charge in [-0.2, -0.15) is 0 Å². The highest BCUT2D eigenvalue weighted by atomic mass is 16.4. The zero-order valence-electron chi connectivity index (χ0n) is 12.6. The molecule has 1 aromatic heterocycles. The summed E-state index contributed by atoms with van der Waals surface area (Å²) in [6, 6.07) is 0.0455. The van der Waals surface area contributed by atoms with Crippen molar-refractivity contribution >= 4 is 11.8 Å². The van der Waals surface area contributed by atoms with Crippen LogP contribution in [0.4, 0.5) is 5.82 Å². The lowest BCUT2D eigenvalue weighted by Gasteiger charge is -2.33. The maximum Gasteiger partial charge on any atom is 0.311 e. The molecule has 6 heteroatoms. The van der Waals surface area contributed by atoms with E-state index in [-0.39, 0.29) is 24.0 Å². The molecule has 0 atom stereocenters. The van der Waals surface area contributed by atoms with E-state index < -0.39 is 11.4 Å². The second-order valence-corrected chi connectivity index (χ2v) is 6.08. The number of carboxylic acid groups (broad SMARTS) is 1. The van der Waals surface area contributed by atoms with E-state index in [2.05, 4.69) is 10.3 Å². The van der Waals surface area contributed by atoms with Crippen LogP contribution < -0.4 is 10.9 Å². The van der Waals surface area contributed by atoms with E-state index in [1.54, 1.807) is 17.0 Å². The van der Waals surface area contributed by atoms with E-state index >= 15 is 0 Å². The predicted molar refractivity (Wildman–Crippen MR) is 80.5 cm³/mol. The van der Waals surface area contributed by atoms with Gasteiger partial charge >= 0.3 is 5.97 Å². The lowest BCUT2D eigenvalue weighted by Crippen LogP contribution is -2.41. The standard InChI is InChI=1S/C15H23N3O3/c1-11(2)18-9-8-16-12(13(18)19)17-10-15(14(20)21)6-4-3-5-7-15/h8-9,11H,3-7,10H2,1-2H3,(H,16,17)(H,20,21). The number of rotatable bonds is 5. The Hall–Kier alpha value is -1.85. The summed E-state index contributed by atoms with van der Waals surface area (Å²) in [5.74, 6) is -0.549. The molecule has 0 bridgehead atoms. The monoisotopic (exact) mass is 293 g/mol. The SMILES string of the molecule is CC(C)n1ccnc(NCC2(C(=O)O)CCCCC2)c1=O. The van der Waals surface area contributed by atoms with Crippen LogP contribution in [0.3, 0.4) is 0 Å². The van der Waals surface area contributed by atoms with Gasteiger partial charge in [-0.25, -0.2) is 4.98 Å². The van der Waals surface area contributed by atoms with Crippen molar-refractivity contribution in [1.29, 1.82) is 0 Å². The average Bonchev–Trinajstić information content (AvgIpc) is 2.46. The van der Waals surface area contributed by atoms with Gasteiger partial charge in [0.15, 0.2) is 5.82 Å². The molecule has 0 unspecified atom stereocenters. The fraction of sp³-hybridized carbons (Fsp3) is 0.667. The number of nitrogens with zero attached hydrogens (tertiary/aromatic N) is 2. The van der Waals surface area contributed by atoms with Gasteiger partial charge in [-0.05, 0) is 26.7 Å². The molecule has 2 rings (SSSR count). The van der Waals surface area contributed by atoms with Crippen LogP contribution in [0.2, 0.25) is 0 Å². The van der Waals surface area contributed by atoms with E-state index in [9.17, 15) is 14.7 Å². The Morgan fingerprint density at radius 3 is 2.67 bits per heavy atom. The zero-order valence-corrected chi connectivity index (χ0v) is 12.6. The van der Waals surface area contributed by atoms with Gasteiger partial charge in [0.2, 0.25) is 0 Å². The summed E-state index contributed by atoms with van der Waals surface area (Å²) < 4.78 is 1.59. The van der Waals surface area contributed by atoms with Crippen molar-refractivity contribution in [3.05, 3.63) is 22.7 Å². The Kier molecular flexibility index (Phi) is 4.65. The maximum absolute atomic E-state index is 12.2. The number of hydrogen-bond donors (Lipinski definition) is 2. The van der Waals surface area contributed by atoms with Gasteiger partial charge < -0.3 is 15.0 Å². The van der Waals surface area contributed by atoms with Gasteiger partial charge in [0.25, 0.3) is 5.56 Å². The Morgan fingerprint density at radius 1 is 1.43 bits per heavy atom. The largest absolute Gasteiger partial charge is 0.481 e. The predicted octanol–water partition coefficient (Wildman–Crippen LogP) is 2.27. The maximum atomic E-state index is 12.2. The van der Waals surface area contributed by atoms with Crippen LogP contribution in [-0.2, 0) is 4.79 Å². The minimum atomic E-state index is -0.783. The van der Waals surface area contributed by atoms with E-state index in [0.717, 1.165) is 19.3 Å². The summed E-state index contributed by atoms with van der Waals surface area (Å²) in [4.78, 5) is 27.9. The van der Waals surface area contributed by atoms with E-state index in [0.29, 0.717) is 12.8 Å². The third-order valence-electron chi connectivity index (χ3n) is 4.28. The van der Waals surface area contributed by atoms with Crippen molar-refractivity contribution in [2.24, 2.45) is 5.41 Å². The Morgan fingerprint density at radius 2 is 2.10 bits per heavy atom. The highest BCUT2D eigenvalue weighted by Gasteiger charge is 2.39. The van der Waals surface area contributed by atoms with Gasteiger partial charge in [0.05, 0.1) is 5.41 Å². The molecule has 1 aliphatic rings. The number of aliphatic carboxylic acids is 1. The van der Waals surface area contributed by atoms with Crippen molar-refractivity contribution in [2.45, 2.75) is 52.0 Å². The molecule has 0 amide bonds. The molecule has 1 fully saturated rings. The van der Waals surface area contributed by atoms with E-state index in [1.807, 2.05) is 13.8 Å². The fourth-order valence-electron chi connectivity index (χ4n) is 2.90. The Balaban J connectivity index is 2.17. The number of hydrogen-bond acceptors (Lipinski definition) is 4. The van der Waals surface area contributed by atoms with Crippen LogP contribution in [0.15, 0.2) is 17.2 Å². The summed E-state index contributed by atoms with van der Waals surface area (Å²) in [6.07, 6.45) is 7.45. The van der Waals surface area contributed by atoms with Crippen LogP contribution in [-0.4, -0.2) is 27.2 Å². The summed E-state index contributed by atoms with van der Waals surface area (Å²) >= 11 is 0. The molecule has 116 valence electrons. The normalized spacial score (nSPS) is 17.7. The number of carbonyl (C=O) groups is 1. The van der Waals surface area contributed by atoms with E-state index in [4.69, 9.17) is 0 Å². The third kappa shape index (κ3) is 3.25. The molecule has 1 aliphatic carbocycles. The first-order valence-electron chi connectivity index (χ1n) is 7.51. The summed E-state index contributed by atoms with van der Waals surface area (Å²) in [5.41, 5.74) is -0.978. The lowest BCUT2D eigenvalue weighted by atomic mass is 9.74. The summed E-state index contributed by atoms with van der Waals surface area (Å²) in [6.45, 7) is 4.10. The fourth-order valence-corrected chi connectivity index (χ4v) is 2.90. The van der Waals surface area contributed by atoms with Crippen LogP contribution >= 0.6 is 0 Å². The first-order valence-corrected chi connectivity index (χ1v) is 7.51. The molecule has 21 heavy (non-hydrogen) atoms. The summed E-state index contributed by atoms with van der Waals surface area (Å²) in [7, 11) is 0. The topological polar surface area (TPSA) is 84.2 Å². The van der Waals surface area contributed by atoms with Crippen molar-refractivity contribution in [3.63, 3.8) is 0 Å². The molecule has 0 saturated heterocycles. The van der Waals surface area contributed by atoms with Gasteiger partial charge in [0, 0.05) is 25.0 Å².